The van der Waals surface area contributed by atoms with Gasteiger partial charge in [-0.15, -0.1) is 0 Å². The van der Waals surface area contributed by atoms with E-state index in [1.54, 1.807) is 35.8 Å². The summed E-state index contributed by atoms with van der Waals surface area (Å²) in [6.45, 7) is 8.20. The van der Waals surface area contributed by atoms with Crippen LogP contribution < -0.4 is 14.9 Å². The molecule has 8 nitrogen and oxygen atoms in total. The number of ether oxygens (including phenoxy) is 1. The van der Waals surface area contributed by atoms with Crippen LogP contribution in [-0.4, -0.2) is 28.2 Å². The molecule has 43 heavy (non-hydrogen) atoms. The fourth-order valence-electron chi connectivity index (χ4n) is 5.06. The molecule has 0 unspecified atom stereocenters. The maximum absolute atomic E-state index is 14.0. The average molecular weight is 619 g/mol. The Hall–Kier alpha value is -4.21. The molecule has 2 aromatic carbocycles. The van der Waals surface area contributed by atoms with Crippen molar-refractivity contribution in [2.75, 3.05) is 6.61 Å². The molecule has 1 aliphatic heterocycles. The summed E-state index contributed by atoms with van der Waals surface area (Å²) in [6, 6.07) is 15.3. The summed E-state index contributed by atoms with van der Waals surface area (Å²) < 4.78 is 13.4. The number of carboxylic acids is 1. The molecule has 0 amide bonds. The van der Waals surface area contributed by atoms with E-state index in [0.717, 1.165) is 17.5 Å². The van der Waals surface area contributed by atoms with Crippen molar-refractivity contribution in [1.29, 1.82) is 0 Å². The molecule has 0 saturated carbocycles. The van der Waals surface area contributed by atoms with E-state index in [1.807, 2.05) is 31.2 Å². The maximum Gasteiger partial charge on any atom is 0.338 e. The first-order valence-corrected chi connectivity index (χ1v) is 15.3. The van der Waals surface area contributed by atoms with Crippen LogP contribution >= 0.6 is 22.9 Å². The van der Waals surface area contributed by atoms with Crippen LogP contribution in [0.25, 0.3) is 17.4 Å². The normalized spacial score (nSPS) is 15.0. The largest absolute Gasteiger partial charge is 0.478 e. The Morgan fingerprint density at radius 2 is 1.88 bits per heavy atom. The number of hydrogen-bond donors (Lipinski definition) is 1. The fourth-order valence-corrected chi connectivity index (χ4v) is 6.32. The molecule has 5 rings (SSSR count). The third-order valence-corrected chi connectivity index (χ3v) is 8.49. The number of carbonyl (C=O) groups is 2. The second-order valence-corrected chi connectivity index (χ2v) is 11.9. The lowest BCUT2D eigenvalue weighted by molar-refractivity contribution is -0.139. The first-order valence-electron chi connectivity index (χ1n) is 14.1. The predicted molar refractivity (Wildman–Crippen MR) is 166 cm³/mol. The van der Waals surface area contributed by atoms with Crippen molar-refractivity contribution in [1.82, 2.24) is 4.57 Å². The van der Waals surface area contributed by atoms with Crippen molar-refractivity contribution in [2.45, 2.75) is 52.5 Å². The second kappa shape index (κ2) is 12.6. The highest BCUT2D eigenvalue weighted by Crippen LogP contribution is 2.33. The van der Waals surface area contributed by atoms with Gasteiger partial charge in [0.25, 0.3) is 5.56 Å². The molecule has 0 fully saturated rings. The Morgan fingerprint density at radius 3 is 2.51 bits per heavy atom. The maximum atomic E-state index is 14.0. The number of aromatic carboxylic acids is 1. The van der Waals surface area contributed by atoms with Gasteiger partial charge in [0.15, 0.2) is 4.80 Å². The number of nitrogens with zero attached hydrogens (tertiary/aromatic N) is 2. The molecule has 2 aromatic heterocycles. The Bertz CT molecular complexity index is 1910. The zero-order chi connectivity index (χ0) is 30.8. The molecular weight excluding hydrogens is 588 g/mol. The summed E-state index contributed by atoms with van der Waals surface area (Å²) in [5.74, 6) is -0.374. The van der Waals surface area contributed by atoms with E-state index in [1.165, 1.54) is 23.5 Å². The standard InChI is InChI=1S/C33H31ClN2O6S/c1-5-7-25-28(32(40)41-6-2)29(20-10-8-19(9-11-20)18(3)4)36-30(37)27(43-33(36)35-25)17-22-13-15-26(42-22)21-12-14-23(31(38)39)24(34)16-21/h8-18,29H,5-7H2,1-4H3,(H,38,39)/b27-17-/t29-/m1/s1. The molecule has 10 heteroatoms. The minimum Gasteiger partial charge on any atom is -0.478 e. The van der Waals surface area contributed by atoms with Gasteiger partial charge in [-0.25, -0.2) is 14.6 Å². The van der Waals surface area contributed by atoms with Gasteiger partial charge in [0.2, 0.25) is 0 Å². The number of halogens is 1. The Morgan fingerprint density at radius 1 is 1.14 bits per heavy atom. The summed E-state index contributed by atoms with van der Waals surface area (Å²) in [6.07, 6.45) is 2.97. The van der Waals surface area contributed by atoms with Crippen molar-refractivity contribution in [3.8, 4) is 11.3 Å². The van der Waals surface area contributed by atoms with Gasteiger partial charge in [-0.05, 0) is 54.7 Å². The van der Waals surface area contributed by atoms with Crippen LogP contribution in [0.4, 0.5) is 0 Å². The second-order valence-electron chi connectivity index (χ2n) is 10.4. The van der Waals surface area contributed by atoms with Crippen LogP contribution in [0, 0.1) is 0 Å². The van der Waals surface area contributed by atoms with Gasteiger partial charge in [-0.1, -0.05) is 80.5 Å². The van der Waals surface area contributed by atoms with Crippen molar-refractivity contribution in [3.63, 3.8) is 0 Å². The number of rotatable bonds is 9. The minimum absolute atomic E-state index is 0.00339. The molecule has 0 radical (unpaired) electrons. The number of hydrogen-bond acceptors (Lipinski definition) is 7. The molecular formula is C33H31ClN2O6S. The Labute approximate surface area is 257 Å². The summed E-state index contributed by atoms with van der Waals surface area (Å²) in [4.78, 5) is 44.0. The van der Waals surface area contributed by atoms with E-state index in [0.29, 0.717) is 50.0 Å². The highest BCUT2D eigenvalue weighted by Gasteiger charge is 2.34. The van der Waals surface area contributed by atoms with Gasteiger partial charge in [0.05, 0.1) is 39.0 Å². The highest BCUT2D eigenvalue weighted by molar-refractivity contribution is 7.07. The monoisotopic (exact) mass is 618 g/mol. The van der Waals surface area contributed by atoms with Gasteiger partial charge >= 0.3 is 11.9 Å². The minimum atomic E-state index is -1.12. The molecule has 0 aliphatic carbocycles. The fraction of sp³-hybridized carbons (Fsp3) is 0.273. The number of esters is 1. The van der Waals surface area contributed by atoms with Gasteiger partial charge in [0, 0.05) is 11.6 Å². The number of aromatic nitrogens is 1. The molecule has 1 N–H and O–H groups in total. The van der Waals surface area contributed by atoms with E-state index in [4.69, 9.17) is 25.7 Å². The smallest absolute Gasteiger partial charge is 0.338 e. The van der Waals surface area contributed by atoms with Crippen molar-refractivity contribution >= 4 is 41.0 Å². The number of carboxylic acid groups (broad SMARTS) is 1. The zero-order valence-corrected chi connectivity index (χ0v) is 25.8. The zero-order valence-electron chi connectivity index (χ0n) is 24.2. The van der Waals surface area contributed by atoms with Gasteiger partial charge in [-0.3, -0.25) is 9.36 Å². The first-order chi connectivity index (χ1) is 20.6. The lowest BCUT2D eigenvalue weighted by atomic mass is 9.92. The van der Waals surface area contributed by atoms with Gasteiger partial charge < -0.3 is 14.3 Å². The molecule has 4 aromatic rings. The van der Waals surface area contributed by atoms with E-state index in [2.05, 4.69) is 13.8 Å². The van der Waals surface area contributed by atoms with Crippen LogP contribution in [0.3, 0.4) is 0 Å². The van der Waals surface area contributed by atoms with Crippen LogP contribution in [0.5, 0.6) is 0 Å². The van der Waals surface area contributed by atoms with Crippen LogP contribution in [-0.2, 0) is 9.53 Å². The van der Waals surface area contributed by atoms with E-state index >= 15 is 0 Å². The van der Waals surface area contributed by atoms with Gasteiger partial charge in [0.1, 0.15) is 11.5 Å². The Balaban J connectivity index is 1.63. The Kier molecular flexibility index (Phi) is 8.84. The van der Waals surface area contributed by atoms with E-state index in [-0.39, 0.29) is 22.8 Å². The molecule has 3 heterocycles. The lowest BCUT2D eigenvalue weighted by Crippen LogP contribution is -2.40. The predicted octanol–water partition coefficient (Wildman–Crippen LogP) is 6.31. The quantitative estimate of drug-likeness (QED) is 0.220. The number of thiazole rings is 1. The summed E-state index contributed by atoms with van der Waals surface area (Å²) >= 11 is 7.37. The van der Waals surface area contributed by atoms with Crippen molar-refractivity contribution in [3.05, 3.63) is 113 Å². The molecule has 222 valence electrons. The van der Waals surface area contributed by atoms with Crippen LogP contribution in [0.2, 0.25) is 5.02 Å². The number of allylic oxidation sites excluding steroid dienone is 1. The third-order valence-electron chi connectivity index (χ3n) is 7.20. The topological polar surface area (TPSA) is 111 Å². The first kappa shape index (κ1) is 30.3. The SMILES string of the molecule is CCCC1=C(C(=O)OCC)[C@@H](c2ccc(C(C)C)cc2)n2c(s/c(=C\c3ccc(-c4ccc(C(=O)O)c(Cl)c4)o3)c2=O)=N1. The molecule has 0 bridgehead atoms. The molecule has 1 aliphatic rings. The van der Waals surface area contributed by atoms with Crippen molar-refractivity contribution < 1.29 is 23.8 Å². The average Bonchev–Trinajstić information content (AvgIpc) is 3.56. The van der Waals surface area contributed by atoms with Crippen molar-refractivity contribution in [2.24, 2.45) is 4.99 Å². The number of carbonyl (C=O) groups excluding carboxylic acids is 1. The number of fused-ring (bicyclic) bond motifs is 1. The van der Waals surface area contributed by atoms with E-state index in [9.17, 15) is 19.5 Å². The number of furan rings is 1. The van der Waals surface area contributed by atoms with Gasteiger partial charge in [-0.2, -0.15) is 0 Å². The van der Waals surface area contributed by atoms with Crippen LogP contribution in [0.1, 0.15) is 79.7 Å². The summed E-state index contributed by atoms with van der Waals surface area (Å²) in [5.41, 5.74) is 3.24. The molecule has 0 spiro atoms. The summed E-state index contributed by atoms with van der Waals surface area (Å²) in [5, 5.41) is 9.35. The van der Waals surface area contributed by atoms with Crippen LogP contribution in [0.15, 0.2) is 80.1 Å². The molecule has 0 saturated heterocycles. The van der Waals surface area contributed by atoms with E-state index < -0.39 is 18.0 Å². The lowest BCUT2D eigenvalue weighted by Gasteiger charge is -2.26. The molecule has 1 atom stereocenters. The highest BCUT2D eigenvalue weighted by atomic mass is 35.5. The third kappa shape index (κ3) is 6.00. The number of benzene rings is 2. The summed E-state index contributed by atoms with van der Waals surface area (Å²) in [7, 11) is 0.